The molecule has 1 aliphatic heterocycles. The van der Waals surface area contributed by atoms with E-state index in [0.717, 1.165) is 6.54 Å². The molecule has 2 heterocycles. The van der Waals surface area contributed by atoms with Crippen molar-refractivity contribution in [2.45, 2.75) is 83.0 Å². The number of hydrogen-bond donors (Lipinski definition) is 1. The predicted octanol–water partition coefficient (Wildman–Crippen LogP) is 3.09. The third-order valence-electron chi connectivity index (χ3n) is 5.25. The fourth-order valence-electron chi connectivity index (χ4n) is 4.03. The van der Waals surface area contributed by atoms with Crippen LogP contribution in [0.15, 0.2) is 12.3 Å². The largest absolute Gasteiger partial charge is 0.327 e. The van der Waals surface area contributed by atoms with E-state index in [1.54, 1.807) is 0 Å². The Labute approximate surface area is 128 Å². The molecule has 0 radical (unpaired) electrons. The minimum atomic E-state index is 0.255. The van der Waals surface area contributed by atoms with Crippen molar-refractivity contribution in [3.05, 3.63) is 18.0 Å². The van der Waals surface area contributed by atoms with E-state index in [1.165, 1.54) is 63.6 Å². The van der Waals surface area contributed by atoms with E-state index in [-0.39, 0.29) is 6.04 Å². The Balaban J connectivity index is 1.63. The zero-order chi connectivity index (χ0) is 14.7. The van der Waals surface area contributed by atoms with Crippen LogP contribution in [0.1, 0.15) is 70.0 Å². The monoisotopic (exact) mass is 290 g/mol. The number of nitrogens with two attached hydrogens (primary N) is 1. The van der Waals surface area contributed by atoms with Crippen LogP contribution in [0.5, 0.6) is 0 Å². The van der Waals surface area contributed by atoms with E-state index in [0.29, 0.717) is 12.1 Å². The lowest BCUT2D eigenvalue weighted by molar-refractivity contribution is 0.121. The molecule has 2 aliphatic rings. The van der Waals surface area contributed by atoms with Crippen molar-refractivity contribution in [3.63, 3.8) is 0 Å². The van der Waals surface area contributed by atoms with E-state index in [1.807, 2.05) is 0 Å². The van der Waals surface area contributed by atoms with Crippen LogP contribution in [0.3, 0.4) is 0 Å². The van der Waals surface area contributed by atoms with Gasteiger partial charge in [0.25, 0.3) is 0 Å². The Hall–Kier alpha value is -0.870. The molecule has 0 bridgehead atoms. The highest BCUT2D eigenvalue weighted by Gasteiger charge is 2.26. The zero-order valence-electron chi connectivity index (χ0n) is 13.4. The summed E-state index contributed by atoms with van der Waals surface area (Å²) < 4.78 is 2.22. The molecule has 1 saturated carbocycles. The van der Waals surface area contributed by atoms with Crippen LogP contribution in [-0.2, 0) is 6.54 Å². The van der Waals surface area contributed by atoms with Gasteiger partial charge in [0.15, 0.2) is 0 Å². The van der Waals surface area contributed by atoms with Gasteiger partial charge >= 0.3 is 0 Å². The topological polar surface area (TPSA) is 47.1 Å². The third kappa shape index (κ3) is 3.67. The summed E-state index contributed by atoms with van der Waals surface area (Å²) in [7, 11) is 0. The van der Waals surface area contributed by atoms with Crippen molar-refractivity contribution >= 4 is 0 Å². The summed E-state index contributed by atoms with van der Waals surface area (Å²) in [4.78, 5) is 2.54. The van der Waals surface area contributed by atoms with E-state index < -0.39 is 0 Å². The lowest BCUT2D eigenvalue weighted by atomic mass is 9.96. The number of piperidine rings is 1. The Bertz CT molecular complexity index is 434. The van der Waals surface area contributed by atoms with Gasteiger partial charge in [0.05, 0.1) is 11.7 Å². The van der Waals surface area contributed by atoms with Gasteiger partial charge < -0.3 is 5.73 Å². The predicted molar refractivity (Wildman–Crippen MR) is 86.0 cm³/mol. The fraction of sp³-hybridized carbons (Fsp3) is 0.824. The molecular weight excluding hydrogens is 260 g/mol. The molecule has 2 atom stereocenters. The summed E-state index contributed by atoms with van der Waals surface area (Å²) in [6.07, 6.45) is 12.8. The summed E-state index contributed by atoms with van der Waals surface area (Å²) in [6.45, 7) is 4.28. The molecule has 4 heteroatoms. The molecule has 1 aromatic rings. The van der Waals surface area contributed by atoms with Crippen molar-refractivity contribution in [1.29, 1.82) is 0 Å². The molecule has 118 valence electrons. The van der Waals surface area contributed by atoms with E-state index >= 15 is 0 Å². The van der Waals surface area contributed by atoms with Gasteiger partial charge in [-0.25, -0.2) is 0 Å². The van der Waals surface area contributed by atoms with Gasteiger partial charge in [-0.1, -0.05) is 25.7 Å². The van der Waals surface area contributed by atoms with Crippen LogP contribution in [0.25, 0.3) is 0 Å². The minimum Gasteiger partial charge on any atom is -0.327 e. The Kier molecular flexibility index (Phi) is 4.96. The Morgan fingerprint density at radius 2 is 1.95 bits per heavy atom. The maximum absolute atomic E-state index is 6.17. The number of nitrogens with zero attached hydrogens (tertiary/aromatic N) is 3. The summed E-state index contributed by atoms with van der Waals surface area (Å²) in [5.74, 6) is 0. The second kappa shape index (κ2) is 6.93. The standard InChI is InChI=1S/C17H30N4/c1-14(18)17-9-5-6-11-20(17)13-15-10-12-21(19-15)16-7-3-2-4-8-16/h10,12,14,16-17H,2-9,11,13,18H2,1H3. The molecule has 3 rings (SSSR count). The van der Waals surface area contributed by atoms with E-state index in [9.17, 15) is 0 Å². The first kappa shape index (κ1) is 15.0. The minimum absolute atomic E-state index is 0.255. The van der Waals surface area contributed by atoms with Crippen LogP contribution in [0.4, 0.5) is 0 Å². The van der Waals surface area contributed by atoms with E-state index in [4.69, 9.17) is 10.8 Å². The molecule has 2 fully saturated rings. The Morgan fingerprint density at radius 1 is 1.19 bits per heavy atom. The summed E-state index contributed by atoms with van der Waals surface area (Å²) in [5, 5.41) is 4.86. The number of aromatic nitrogens is 2. The molecule has 1 aromatic heterocycles. The second-order valence-corrected chi connectivity index (χ2v) is 6.97. The zero-order valence-corrected chi connectivity index (χ0v) is 13.4. The van der Waals surface area contributed by atoms with Crippen molar-refractivity contribution in [2.24, 2.45) is 5.73 Å². The highest BCUT2D eigenvalue weighted by atomic mass is 15.3. The fourth-order valence-corrected chi connectivity index (χ4v) is 4.03. The molecule has 21 heavy (non-hydrogen) atoms. The van der Waals surface area contributed by atoms with Crippen LogP contribution in [-0.4, -0.2) is 33.3 Å². The van der Waals surface area contributed by atoms with Crippen LogP contribution >= 0.6 is 0 Å². The van der Waals surface area contributed by atoms with Gasteiger partial charge in [-0.2, -0.15) is 5.10 Å². The number of hydrogen-bond acceptors (Lipinski definition) is 3. The molecule has 0 aromatic carbocycles. The van der Waals surface area contributed by atoms with Crippen molar-refractivity contribution in [3.8, 4) is 0 Å². The first-order chi connectivity index (χ1) is 10.2. The van der Waals surface area contributed by atoms with Crippen molar-refractivity contribution < 1.29 is 0 Å². The van der Waals surface area contributed by atoms with Crippen molar-refractivity contribution in [2.75, 3.05) is 6.54 Å². The second-order valence-electron chi connectivity index (χ2n) is 6.97. The highest BCUT2D eigenvalue weighted by Crippen LogP contribution is 2.28. The molecule has 0 amide bonds. The summed E-state index contributed by atoms with van der Waals surface area (Å²) >= 11 is 0. The van der Waals surface area contributed by atoms with Gasteiger partial charge in [0, 0.05) is 24.8 Å². The lowest BCUT2D eigenvalue weighted by Gasteiger charge is -2.37. The SMILES string of the molecule is CC(N)C1CCCCN1Cc1ccn(C2CCCCC2)n1. The number of rotatable bonds is 4. The maximum atomic E-state index is 6.17. The number of likely N-dealkylation sites (tertiary alicyclic amines) is 1. The third-order valence-corrected chi connectivity index (χ3v) is 5.25. The molecule has 2 N–H and O–H groups in total. The van der Waals surface area contributed by atoms with Crippen molar-refractivity contribution in [1.82, 2.24) is 14.7 Å². The first-order valence-electron chi connectivity index (χ1n) is 8.77. The summed E-state index contributed by atoms with van der Waals surface area (Å²) in [5.41, 5.74) is 7.38. The van der Waals surface area contributed by atoms with E-state index in [2.05, 4.69) is 28.8 Å². The maximum Gasteiger partial charge on any atom is 0.0765 e. The molecule has 1 saturated heterocycles. The molecule has 0 spiro atoms. The molecular formula is C17H30N4. The average molecular weight is 290 g/mol. The first-order valence-corrected chi connectivity index (χ1v) is 8.77. The molecule has 1 aliphatic carbocycles. The normalized spacial score (nSPS) is 26.9. The lowest BCUT2D eigenvalue weighted by Crippen LogP contribution is -2.48. The van der Waals surface area contributed by atoms with Crippen LogP contribution in [0, 0.1) is 0 Å². The van der Waals surface area contributed by atoms with Crippen LogP contribution in [0.2, 0.25) is 0 Å². The van der Waals surface area contributed by atoms with Gasteiger partial charge in [-0.3, -0.25) is 9.58 Å². The molecule has 2 unspecified atom stereocenters. The van der Waals surface area contributed by atoms with Gasteiger partial charge in [-0.15, -0.1) is 0 Å². The van der Waals surface area contributed by atoms with Crippen LogP contribution < -0.4 is 5.73 Å². The van der Waals surface area contributed by atoms with Gasteiger partial charge in [0.1, 0.15) is 0 Å². The smallest absolute Gasteiger partial charge is 0.0765 e. The average Bonchev–Trinajstić information content (AvgIpc) is 2.97. The summed E-state index contributed by atoms with van der Waals surface area (Å²) in [6, 6.07) is 3.63. The highest BCUT2D eigenvalue weighted by molar-refractivity contribution is 5.01. The Morgan fingerprint density at radius 3 is 2.71 bits per heavy atom. The molecule has 4 nitrogen and oxygen atoms in total. The van der Waals surface area contributed by atoms with Gasteiger partial charge in [0.2, 0.25) is 0 Å². The van der Waals surface area contributed by atoms with Gasteiger partial charge in [-0.05, 0) is 45.2 Å². The quantitative estimate of drug-likeness (QED) is 0.927.